The van der Waals surface area contributed by atoms with Gasteiger partial charge in [-0.1, -0.05) is 29.8 Å². The van der Waals surface area contributed by atoms with Crippen molar-refractivity contribution in [3.63, 3.8) is 0 Å². The molecule has 0 heterocycles. The minimum atomic E-state index is -3.81. The van der Waals surface area contributed by atoms with Gasteiger partial charge in [-0.25, -0.2) is 17.1 Å². The molecule has 7 heteroatoms. The molecule has 0 amide bonds. The van der Waals surface area contributed by atoms with Gasteiger partial charge in [0.2, 0.25) is 10.0 Å². The van der Waals surface area contributed by atoms with E-state index in [1.165, 1.54) is 27.0 Å². The number of benzene rings is 1. The number of sulfonamides is 1. The zero-order valence-electron chi connectivity index (χ0n) is 13.3. The van der Waals surface area contributed by atoms with Gasteiger partial charge in [-0.15, -0.1) is 0 Å². The second-order valence-electron chi connectivity index (χ2n) is 6.39. The fraction of sp³-hybridized carbons (Fsp3) is 0.533. The summed E-state index contributed by atoms with van der Waals surface area (Å²) in [6, 6.07) is 6.37. The van der Waals surface area contributed by atoms with Gasteiger partial charge >= 0.3 is 0 Å². The Kier molecular flexibility index (Phi) is 5.43. The standard InChI is InChI=1S/C15H20BrFN2O2S/c1-14(2,12-8-11(16)6-7-13(12)17)10-19(5)22(20,21)15(3,4)9-18/h6-8H,10H2,1-5H3. The zero-order chi connectivity index (χ0) is 17.3. The van der Waals surface area contributed by atoms with Crippen LogP contribution in [-0.2, 0) is 15.4 Å². The molecular formula is C15H20BrFN2O2S. The van der Waals surface area contributed by atoms with Gasteiger partial charge in [0.25, 0.3) is 0 Å². The maximum absolute atomic E-state index is 14.1. The van der Waals surface area contributed by atoms with Crippen LogP contribution in [0.3, 0.4) is 0 Å². The number of nitrogens with zero attached hydrogens (tertiary/aromatic N) is 2. The number of rotatable bonds is 5. The van der Waals surface area contributed by atoms with Crippen LogP contribution in [0.15, 0.2) is 22.7 Å². The summed E-state index contributed by atoms with van der Waals surface area (Å²) in [5, 5.41) is 9.05. The van der Waals surface area contributed by atoms with Crippen LogP contribution >= 0.6 is 15.9 Å². The molecule has 0 atom stereocenters. The summed E-state index contributed by atoms with van der Waals surface area (Å²) in [7, 11) is -2.41. The Labute approximate surface area is 140 Å². The third-order valence-electron chi connectivity index (χ3n) is 3.60. The number of nitriles is 1. The minimum absolute atomic E-state index is 0.0633. The third kappa shape index (κ3) is 3.67. The van der Waals surface area contributed by atoms with Crippen molar-refractivity contribution in [1.82, 2.24) is 4.31 Å². The first-order chi connectivity index (χ1) is 9.85. The van der Waals surface area contributed by atoms with Crippen molar-refractivity contribution in [1.29, 1.82) is 5.26 Å². The highest BCUT2D eigenvalue weighted by Crippen LogP contribution is 2.31. The van der Waals surface area contributed by atoms with Gasteiger partial charge in [0, 0.05) is 23.5 Å². The highest BCUT2D eigenvalue weighted by atomic mass is 79.9. The molecule has 0 N–H and O–H groups in total. The van der Waals surface area contributed by atoms with E-state index in [0.717, 1.165) is 8.78 Å². The van der Waals surface area contributed by atoms with Crippen LogP contribution in [0.4, 0.5) is 4.39 Å². The van der Waals surface area contributed by atoms with Crippen LogP contribution in [0.2, 0.25) is 0 Å². The predicted molar refractivity (Wildman–Crippen MR) is 88.4 cm³/mol. The van der Waals surface area contributed by atoms with Crippen molar-refractivity contribution in [3.8, 4) is 6.07 Å². The van der Waals surface area contributed by atoms with E-state index in [1.54, 1.807) is 32.0 Å². The lowest BCUT2D eigenvalue weighted by molar-refractivity contribution is 0.357. The normalized spacial score (nSPS) is 13.2. The number of likely N-dealkylation sites (N-methyl/N-ethyl adjacent to an activating group) is 1. The second kappa shape index (κ2) is 6.26. The molecule has 0 unspecified atom stereocenters. The van der Waals surface area contributed by atoms with Crippen LogP contribution < -0.4 is 0 Å². The molecule has 0 aliphatic carbocycles. The predicted octanol–water partition coefficient (Wildman–Crippen LogP) is 3.43. The first kappa shape index (κ1) is 19.1. The molecule has 0 radical (unpaired) electrons. The van der Waals surface area contributed by atoms with Gasteiger partial charge in [0.1, 0.15) is 5.82 Å². The Hall–Kier alpha value is -0.970. The summed E-state index contributed by atoms with van der Waals surface area (Å²) in [5.74, 6) is -0.390. The molecule has 4 nitrogen and oxygen atoms in total. The molecule has 0 spiro atoms. The summed E-state index contributed by atoms with van der Waals surface area (Å²) in [4.78, 5) is 0. The van der Waals surface area contributed by atoms with Crippen molar-refractivity contribution in [3.05, 3.63) is 34.1 Å². The van der Waals surface area contributed by atoms with E-state index < -0.39 is 26.0 Å². The molecule has 1 aromatic rings. The molecule has 0 bridgehead atoms. The van der Waals surface area contributed by atoms with E-state index in [0.29, 0.717) is 5.56 Å². The van der Waals surface area contributed by atoms with Gasteiger partial charge in [-0.05, 0) is 37.6 Å². The Morgan fingerprint density at radius 2 is 1.86 bits per heavy atom. The summed E-state index contributed by atoms with van der Waals surface area (Å²) >= 11 is 3.30. The Morgan fingerprint density at radius 3 is 2.36 bits per heavy atom. The molecule has 122 valence electrons. The molecule has 1 aromatic carbocycles. The Balaban J connectivity index is 3.18. The molecule has 0 aliphatic heterocycles. The smallest absolute Gasteiger partial charge is 0.211 e. The summed E-state index contributed by atoms with van der Waals surface area (Å²) < 4.78 is 39.3. The lowest BCUT2D eigenvalue weighted by Gasteiger charge is -2.33. The van der Waals surface area contributed by atoms with Crippen LogP contribution in [0.1, 0.15) is 33.3 Å². The monoisotopic (exact) mass is 390 g/mol. The van der Waals surface area contributed by atoms with E-state index in [2.05, 4.69) is 15.9 Å². The molecule has 0 saturated carbocycles. The fourth-order valence-corrected chi connectivity index (χ4v) is 3.94. The zero-order valence-corrected chi connectivity index (χ0v) is 15.7. The largest absolute Gasteiger partial charge is 0.232 e. The first-order valence-electron chi connectivity index (χ1n) is 6.68. The van der Waals surface area contributed by atoms with Crippen LogP contribution in [0.25, 0.3) is 0 Å². The highest BCUT2D eigenvalue weighted by molar-refractivity contribution is 9.10. The molecule has 22 heavy (non-hydrogen) atoms. The Bertz CT molecular complexity index is 709. The Morgan fingerprint density at radius 1 is 1.32 bits per heavy atom. The second-order valence-corrected chi connectivity index (χ2v) is 9.90. The lowest BCUT2D eigenvalue weighted by Crippen LogP contribution is -2.46. The maximum atomic E-state index is 14.1. The molecule has 0 aliphatic rings. The van der Waals surface area contributed by atoms with E-state index in [4.69, 9.17) is 5.26 Å². The third-order valence-corrected chi connectivity index (χ3v) is 6.42. The van der Waals surface area contributed by atoms with E-state index in [-0.39, 0.29) is 6.54 Å². The average Bonchev–Trinajstić information content (AvgIpc) is 2.40. The fourth-order valence-electron chi connectivity index (χ4n) is 2.19. The van der Waals surface area contributed by atoms with Crippen molar-refractivity contribution >= 4 is 26.0 Å². The van der Waals surface area contributed by atoms with Crippen molar-refractivity contribution in [2.45, 2.75) is 37.9 Å². The van der Waals surface area contributed by atoms with E-state index >= 15 is 0 Å². The van der Waals surface area contributed by atoms with E-state index in [9.17, 15) is 12.8 Å². The topological polar surface area (TPSA) is 61.2 Å². The van der Waals surface area contributed by atoms with Crippen molar-refractivity contribution in [2.75, 3.05) is 13.6 Å². The maximum Gasteiger partial charge on any atom is 0.232 e. The summed E-state index contributed by atoms with van der Waals surface area (Å²) in [5.41, 5.74) is -0.333. The van der Waals surface area contributed by atoms with Gasteiger partial charge in [-0.2, -0.15) is 5.26 Å². The quantitative estimate of drug-likeness (QED) is 0.773. The number of hydrogen-bond acceptors (Lipinski definition) is 3. The molecule has 0 fully saturated rings. The van der Waals surface area contributed by atoms with Crippen molar-refractivity contribution in [2.24, 2.45) is 0 Å². The lowest BCUT2D eigenvalue weighted by atomic mass is 9.84. The summed E-state index contributed by atoms with van der Waals surface area (Å²) in [6.45, 7) is 6.30. The van der Waals surface area contributed by atoms with Gasteiger partial charge in [0.15, 0.2) is 4.75 Å². The van der Waals surface area contributed by atoms with Gasteiger partial charge in [-0.3, -0.25) is 0 Å². The SMILES string of the molecule is CN(CC(C)(C)c1cc(Br)ccc1F)S(=O)(=O)C(C)(C)C#N. The van der Waals surface area contributed by atoms with E-state index in [1.807, 2.05) is 0 Å². The first-order valence-corrected chi connectivity index (χ1v) is 8.91. The highest BCUT2D eigenvalue weighted by Gasteiger charge is 2.40. The summed E-state index contributed by atoms with van der Waals surface area (Å²) in [6.07, 6.45) is 0. The molecule has 1 rings (SSSR count). The average molecular weight is 391 g/mol. The molecule has 0 saturated heterocycles. The number of halogens is 2. The molecular weight excluding hydrogens is 371 g/mol. The van der Waals surface area contributed by atoms with Crippen LogP contribution in [0.5, 0.6) is 0 Å². The van der Waals surface area contributed by atoms with Crippen LogP contribution in [0, 0.1) is 17.1 Å². The number of hydrogen-bond donors (Lipinski definition) is 0. The van der Waals surface area contributed by atoms with Crippen molar-refractivity contribution < 1.29 is 12.8 Å². The molecule has 0 aromatic heterocycles. The minimum Gasteiger partial charge on any atom is -0.211 e. The van der Waals surface area contributed by atoms with Gasteiger partial charge < -0.3 is 0 Å². The van der Waals surface area contributed by atoms with Crippen LogP contribution in [-0.4, -0.2) is 31.1 Å². The van der Waals surface area contributed by atoms with Gasteiger partial charge in [0.05, 0.1) is 6.07 Å².